The first kappa shape index (κ1) is 83.1. The summed E-state index contributed by atoms with van der Waals surface area (Å²) in [6, 6.07) is 60.4. The number of nitrogens with zero attached hydrogens (tertiary/aromatic N) is 10. The van der Waals surface area contributed by atoms with Crippen molar-refractivity contribution in [2.75, 3.05) is 0 Å². The van der Waals surface area contributed by atoms with Gasteiger partial charge in [-0.1, -0.05) is 84.9 Å². The minimum atomic E-state index is 0.557. The molecule has 0 aliphatic rings. The van der Waals surface area contributed by atoms with Gasteiger partial charge in [-0.05, 0) is 226 Å². The van der Waals surface area contributed by atoms with Crippen LogP contribution in [0.4, 0.5) is 28.4 Å². The average Bonchev–Trinajstić information content (AvgIpc) is 1.54. The van der Waals surface area contributed by atoms with E-state index < -0.39 is 0 Å². The van der Waals surface area contributed by atoms with Crippen LogP contribution >= 0.6 is 0 Å². The molecule has 0 saturated carbocycles. The lowest BCUT2D eigenvalue weighted by Gasteiger charge is -2.10. The zero-order valence-corrected chi connectivity index (χ0v) is 74.2. The van der Waals surface area contributed by atoms with Gasteiger partial charge in [-0.2, -0.15) is 0 Å². The molecule has 0 amide bonds. The van der Waals surface area contributed by atoms with Crippen molar-refractivity contribution < 1.29 is 44.9 Å². The number of furan rings is 5. The van der Waals surface area contributed by atoms with E-state index in [1.807, 2.05) is 117 Å². The molecule has 0 N–H and O–H groups in total. The van der Waals surface area contributed by atoms with E-state index in [1.54, 1.807) is 12.1 Å². The Balaban J connectivity index is 0.000000115. The molecule has 0 spiro atoms. The summed E-state index contributed by atoms with van der Waals surface area (Å²) in [5.41, 5.74) is 40.9. The smallest absolute Gasteiger partial charge is 0.229 e. The maximum absolute atomic E-state index is 7.87. The van der Waals surface area contributed by atoms with Crippen molar-refractivity contribution in [2.45, 2.75) is 104 Å². The third-order valence-corrected chi connectivity index (χ3v) is 24.8. The van der Waals surface area contributed by atoms with Gasteiger partial charge in [0.05, 0.1) is 55.1 Å². The molecule has 20 rings (SSSR count). The summed E-state index contributed by atoms with van der Waals surface area (Å²) in [5.74, 6) is 0. The fraction of sp³-hybridized carbons (Fsp3) is 0.182. The van der Waals surface area contributed by atoms with Crippen LogP contribution in [0.5, 0.6) is 0 Å². The molecule has 15 nitrogen and oxygen atoms in total. The highest BCUT2D eigenvalue weighted by Crippen LogP contribution is 2.47. The molecule has 0 atom stereocenters. The Bertz CT molecular complexity index is 8100. The van der Waals surface area contributed by atoms with Crippen LogP contribution in [0, 0.1) is 137 Å². The summed E-state index contributed by atoms with van der Waals surface area (Å²) in [5, 5.41) is 10.1. The number of pyridine rings is 5. The molecule has 10 heterocycles. The lowest BCUT2D eigenvalue weighted by atomic mass is 9.96. The second kappa shape index (κ2) is 33.1. The fourth-order valence-electron chi connectivity index (χ4n) is 17.5. The Kier molecular flexibility index (Phi) is 22.0. The molecule has 0 unspecified atom stereocenters. The van der Waals surface area contributed by atoms with Gasteiger partial charge >= 0.3 is 0 Å². The Morgan fingerprint density at radius 2 is 0.592 bits per heavy atom. The molecule has 610 valence electrons. The lowest BCUT2D eigenvalue weighted by Crippen LogP contribution is -2.31. The first-order valence-corrected chi connectivity index (χ1v) is 41.5. The Morgan fingerprint density at radius 1 is 0.224 bits per heavy atom. The molecule has 0 bridgehead atoms. The van der Waals surface area contributed by atoms with Crippen LogP contribution in [-0.4, -0.2) is 0 Å². The molecule has 20 aromatic rings. The van der Waals surface area contributed by atoms with Crippen LogP contribution < -0.4 is 22.8 Å². The number of para-hydroxylation sites is 2. The summed E-state index contributed by atoms with van der Waals surface area (Å²) >= 11 is 0. The SMILES string of the molecule is [C-]#[N+]c1c(-c2cc(C)c(C)c[n+]2C)c(C)cc2oc3ccccc3c12.[C-]#[N+]c1ccc2c(c1)oc1ccc(C)c(-c3cc(C)c(C)c[n+]3C)c12.[C-]#[N+]c1ccc2oc3ccc(C)c(-c4cc(C)c(C)c[n+]4C)c3c2c1.[C-]#[N+]c1cccc2c1oc1ccc(C)c(-c3cc(C)c(C)c[n+]3C)c12.[C-]#[N+]c1cccc2oc3cc(C)c(-c4cc(C)c(C)c[n+]4C)cc3c12. The van der Waals surface area contributed by atoms with Crippen molar-refractivity contribution in [3.63, 3.8) is 0 Å². The Labute approximate surface area is 727 Å². The Morgan fingerprint density at radius 3 is 1.11 bits per heavy atom. The molecule has 125 heavy (non-hydrogen) atoms. The molecule has 0 aliphatic heterocycles. The van der Waals surface area contributed by atoms with E-state index in [1.165, 1.54) is 100 Å². The highest BCUT2D eigenvalue weighted by atomic mass is 16.3. The maximum Gasteiger partial charge on any atom is 0.229 e. The number of benzene rings is 10. The highest BCUT2D eigenvalue weighted by Gasteiger charge is 2.29. The van der Waals surface area contributed by atoms with E-state index in [9.17, 15) is 0 Å². The van der Waals surface area contributed by atoms with Gasteiger partial charge in [-0.15, -0.1) is 0 Å². The van der Waals surface area contributed by atoms with Crippen LogP contribution in [-0.2, 0) is 35.2 Å². The number of aryl methyl sites for hydroxylation is 20. The number of rotatable bonds is 5. The number of hydrogen-bond donors (Lipinski definition) is 0. The molecule has 0 saturated heterocycles. The van der Waals surface area contributed by atoms with Crippen LogP contribution in [0.2, 0.25) is 0 Å². The Hall–Kier alpha value is -15.6. The van der Waals surface area contributed by atoms with Crippen LogP contribution in [0.25, 0.3) is 190 Å². The van der Waals surface area contributed by atoms with Gasteiger partial charge in [0.25, 0.3) is 0 Å². The van der Waals surface area contributed by atoms with Crippen molar-refractivity contribution in [3.05, 3.63) is 354 Å². The second-order valence-electron chi connectivity index (χ2n) is 33.3. The molecule has 0 aliphatic carbocycles. The van der Waals surface area contributed by atoms with Crippen LogP contribution in [0.1, 0.15) is 83.5 Å². The van der Waals surface area contributed by atoms with E-state index >= 15 is 0 Å². The van der Waals surface area contributed by atoms with E-state index in [4.69, 9.17) is 54.9 Å². The van der Waals surface area contributed by atoms with Gasteiger partial charge in [-0.25, -0.2) is 47.1 Å². The zero-order chi connectivity index (χ0) is 88.6. The molecular weight excluding hydrogens is 1540 g/mol. The van der Waals surface area contributed by atoms with Gasteiger partial charge in [0.2, 0.25) is 39.8 Å². The molecule has 10 aromatic carbocycles. The van der Waals surface area contributed by atoms with E-state index in [0.29, 0.717) is 34.0 Å². The third kappa shape index (κ3) is 15.0. The normalized spacial score (nSPS) is 11.2. The number of fused-ring (bicyclic) bond motifs is 15. The summed E-state index contributed by atoms with van der Waals surface area (Å²) in [6.45, 7) is 69.1. The fourth-order valence-corrected chi connectivity index (χ4v) is 17.5. The van der Waals surface area contributed by atoms with Gasteiger partial charge in [0.15, 0.2) is 48.0 Å². The van der Waals surface area contributed by atoms with E-state index in [2.05, 4.69) is 270 Å². The van der Waals surface area contributed by atoms with Gasteiger partial charge in [-0.3, -0.25) is 0 Å². The minimum absolute atomic E-state index is 0.557. The van der Waals surface area contributed by atoms with Crippen molar-refractivity contribution >= 4 is 138 Å². The zero-order valence-electron chi connectivity index (χ0n) is 74.2. The molecule has 10 aromatic heterocycles. The van der Waals surface area contributed by atoms with Gasteiger partial charge in [0, 0.05) is 118 Å². The minimum Gasteiger partial charge on any atom is -0.467 e. The summed E-state index contributed by atoms with van der Waals surface area (Å²) < 4.78 is 40.9. The third-order valence-electron chi connectivity index (χ3n) is 24.8. The van der Waals surface area contributed by atoms with Crippen molar-refractivity contribution in [2.24, 2.45) is 35.2 Å². The summed E-state index contributed by atoms with van der Waals surface area (Å²) in [7, 11) is 10.3. The first-order chi connectivity index (χ1) is 60.0. The van der Waals surface area contributed by atoms with Crippen molar-refractivity contribution in [1.29, 1.82) is 0 Å². The van der Waals surface area contributed by atoms with Gasteiger partial charge < -0.3 is 22.1 Å². The standard InChI is InChI=1S/5C22H19N2O/c1-13-6-9-19-22(17-8-7-16(23-4)11-20(17)25-19)21(13)18-10-14(2)15(3)12-24(18)5;1-13-6-8-20-22(17-11-16(23-4)7-9-19(17)25-20)21(13)18-10-14(2)15(3)12-24(18)5;1-13-9-19(24(5)12-15(13)3)16-11-17-21(10-14(16)2)25-20-8-6-7-18(23-4)22(17)20;1-13-9-10-19-21(16-7-6-8-17(23-4)22(16)25-19)20(13)18-11-14(2)15(3)12-24(18)5;1-13-10-17(24(5)12-15(13)3)20-14(2)11-19-21(22(20)23-4)16-8-6-7-9-18(16)25-19/h5*6-12H,1-3,5H3/q5*+1. The average molecular weight is 1640 g/mol. The lowest BCUT2D eigenvalue weighted by molar-refractivity contribution is -0.660. The molecule has 15 heteroatoms. The molecule has 0 radical (unpaired) electrons. The predicted octanol–water partition coefficient (Wildman–Crippen LogP) is 27.8. The molecule has 0 fully saturated rings. The monoisotopic (exact) mass is 1640 g/mol. The quantitative estimate of drug-likeness (QED) is 0.126. The number of aromatic nitrogens is 5. The van der Waals surface area contributed by atoms with Crippen LogP contribution in [0.15, 0.2) is 235 Å². The highest BCUT2D eigenvalue weighted by molar-refractivity contribution is 6.19. The second-order valence-corrected chi connectivity index (χ2v) is 33.3. The summed E-state index contributed by atoms with van der Waals surface area (Å²) in [6.07, 6.45) is 10.8. The van der Waals surface area contributed by atoms with Crippen molar-refractivity contribution in [1.82, 2.24) is 0 Å². The molecular formula is C110H95N10O5+5. The van der Waals surface area contributed by atoms with E-state index in [0.717, 1.165) is 144 Å². The van der Waals surface area contributed by atoms with E-state index in [-0.39, 0.29) is 0 Å². The first-order valence-electron chi connectivity index (χ1n) is 41.5. The topological polar surface area (TPSA) is 107 Å². The largest absolute Gasteiger partial charge is 0.467 e. The predicted molar refractivity (Wildman–Crippen MR) is 504 cm³/mol. The van der Waals surface area contributed by atoms with Crippen molar-refractivity contribution in [3.8, 4) is 56.3 Å². The summed E-state index contributed by atoms with van der Waals surface area (Å²) in [4.78, 5) is 18.3. The van der Waals surface area contributed by atoms with Gasteiger partial charge in [0.1, 0.15) is 91.1 Å². The van der Waals surface area contributed by atoms with Crippen LogP contribution in [0.3, 0.4) is 0 Å². The number of hydrogen-bond acceptors (Lipinski definition) is 5. The maximum atomic E-state index is 7.87.